The molecule has 9 heteroatoms. The van der Waals surface area contributed by atoms with Gasteiger partial charge in [0.25, 0.3) is 11.6 Å². The molecule has 0 bridgehead atoms. The number of carbonyl (C=O) groups is 1. The van der Waals surface area contributed by atoms with E-state index < -0.39 is 4.92 Å². The number of aryl methyl sites for hydroxylation is 1. The maximum absolute atomic E-state index is 13.0. The molecule has 1 N–H and O–H groups in total. The lowest BCUT2D eigenvalue weighted by atomic mass is 9.98. The molecular weight excluding hydrogens is 424 g/mol. The molecule has 0 unspecified atom stereocenters. The number of furan rings is 1. The monoisotopic (exact) mass is 456 g/mol. The number of anilines is 1. The number of carbonyl (C=O) groups excluding carboxylic acids is 1. The smallest absolute Gasteiger partial charge is 0.293 e. The summed E-state index contributed by atoms with van der Waals surface area (Å²) >= 11 is 0. The van der Waals surface area contributed by atoms with Crippen LogP contribution in [0.4, 0.5) is 11.4 Å². The fraction of sp³-hybridized carbons (Fsp3) is 0.542. The SMILES string of the molecule is Cc1ccc([C@H](CNC(=O)c2ccc(N3CCC(C)CC3)c([N+](=O)[O-])c2)N2CCOCC2)o1. The Morgan fingerprint density at radius 1 is 1.18 bits per heavy atom. The molecule has 0 aliphatic carbocycles. The molecule has 3 heterocycles. The van der Waals surface area contributed by atoms with E-state index in [0.717, 1.165) is 50.5 Å². The third-order valence-electron chi connectivity index (χ3n) is 6.59. The maximum Gasteiger partial charge on any atom is 0.293 e. The molecule has 9 nitrogen and oxygen atoms in total. The van der Waals surface area contributed by atoms with Crippen molar-refractivity contribution < 1.29 is 18.9 Å². The fourth-order valence-corrected chi connectivity index (χ4v) is 4.55. The van der Waals surface area contributed by atoms with Crippen LogP contribution in [0.1, 0.15) is 47.7 Å². The van der Waals surface area contributed by atoms with Crippen molar-refractivity contribution in [2.75, 3.05) is 50.8 Å². The molecule has 0 radical (unpaired) electrons. The number of ether oxygens (including phenoxy) is 1. The van der Waals surface area contributed by atoms with Gasteiger partial charge in [-0.25, -0.2) is 0 Å². The Kier molecular flexibility index (Phi) is 7.29. The summed E-state index contributed by atoms with van der Waals surface area (Å²) in [5.41, 5.74) is 0.844. The quantitative estimate of drug-likeness (QED) is 0.502. The number of piperidine rings is 1. The average molecular weight is 457 g/mol. The minimum Gasteiger partial charge on any atom is -0.465 e. The summed E-state index contributed by atoms with van der Waals surface area (Å²) < 4.78 is 11.3. The van der Waals surface area contributed by atoms with Gasteiger partial charge in [0, 0.05) is 44.4 Å². The molecule has 1 aromatic carbocycles. The number of nitrogens with zero attached hydrogens (tertiary/aromatic N) is 3. The highest BCUT2D eigenvalue weighted by atomic mass is 16.6. The van der Waals surface area contributed by atoms with Crippen molar-refractivity contribution >= 4 is 17.3 Å². The number of benzene rings is 1. The highest BCUT2D eigenvalue weighted by Gasteiger charge is 2.27. The molecule has 2 saturated heterocycles. The van der Waals surface area contributed by atoms with Crippen LogP contribution in [0.5, 0.6) is 0 Å². The van der Waals surface area contributed by atoms with E-state index in [1.807, 2.05) is 24.0 Å². The van der Waals surface area contributed by atoms with E-state index in [-0.39, 0.29) is 23.2 Å². The largest absolute Gasteiger partial charge is 0.465 e. The molecule has 178 valence electrons. The lowest BCUT2D eigenvalue weighted by Gasteiger charge is -2.33. The van der Waals surface area contributed by atoms with Crippen LogP contribution in [0, 0.1) is 23.0 Å². The van der Waals surface area contributed by atoms with Crippen LogP contribution in [-0.4, -0.2) is 61.7 Å². The third kappa shape index (κ3) is 5.54. The number of hydrogen-bond acceptors (Lipinski definition) is 7. The minimum atomic E-state index is -0.397. The van der Waals surface area contributed by atoms with Gasteiger partial charge in [-0.15, -0.1) is 0 Å². The number of nitro groups is 1. The third-order valence-corrected chi connectivity index (χ3v) is 6.59. The van der Waals surface area contributed by atoms with Gasteiger partial charge in [0.05, 0.1) is 24.2 Å². The molecule has 2 aliphatic rings. The zero-order valence-electron chi connectivity index (χ0n) is 19.3. The van der Waals surface area contributed by atoms with Crippen LogP contribution in [-0.2, 0) is 4.74 Å². The zero-order chi connectivity index (χ0) is 23.4. The molecule has 2 fully saturated rings. The summed E-state index contributed by atoms with van der Waals surface area (Å²) in [5.74, 6) is 1.89. The molecule has 0 saturated carbocycles. The van der Waals surface area contributed by atoms with E-state index in [9.17, 15) is 14.9 Å². The second-order valence-corrected chi connectivity index (χ2v) is 8.95. The Morgan fingerprint density at radius 3 is 2.55 bits per heavy atom. The first-order chi connectivity index (χ1) is 15.9. The van der Waals surface area contributed by atoms with E-state index in [2.05, 4.69) is 17.1 Å². The molecule has 0 spiro atoms. The summed E-state index contributed by atoms with van der Waals surface area (Å²) in [4.78, 5) is 28.6. The van der Waals surface area contributed by atoms with Crippen LogP contribution < -0.4 is 10.2 Å². The number of rotatable bonds is 7. The van der Waals surface area contributed by atoms with Crippen molar-refractivity contribution in [1.29, 1.82) is 0 Å². The molecule has 2 aromatic rings. The average Bonchev–Trinajstić information content (AvgIpc) is 3.25. The van der Waals surface area contributed by atoms with Gasteiger partial charge in [-0.2, -0.15) is 0 Å². The number of morpholine rings is 1. The van der Waals surface area contributed by atoms with Crippen molar-refractivity contribution in [2.45, 2.75) is 32.7 Å². The summed E-state index contributed by atoms with van der Waals surface area (Å²) in [5, 5.41) is 14.7. The van der Waals surface area contributed by atoms with E-state index >= 15 is 0 Å². The molecule has 1 atom stereocenters. The lowest BCUT2D eigenvalue weighted by Crippen LogP contribution is -2.43. The van der Waals surface area contributed by atoms with Crippen LogP contribution in [0.3, 0.4) is 0 Å². The van der Waals surface area contributed by atoms with Crippen molar-refractivity contribution in [3.05, 3.63) is 57.5 Å². The maximum atomic E-state index is 13.0. The summed E-state index contributed by atoms with van der Waals surface area (Å²) in [7, 11) is 0. The van der Waals surface area contributed by atoms with Gasteiger partial charge in [0.2, 0.25) is 0 Å². The van der Waals surface area contributed by atoms with Crippen molar-refractivity contribution in [2.24, 2.45) is 5.92 Å². The Labute approximate surface area is 193 Å². The van der Waals surface area contributed by atoms with Crippen molar-refractivity contribution in [3.63, 3.8) is 0 Å². The second kappa shape index (κ2) is 10.4. The van der Waals surface area contributed by atoms with Gasteiger partial charge >= 0.3 is 0 Å². The number of nitrogens with one attached hydrogen (secondary N) is 1. The summed E-state index contributed by atoms with van der Waals surface area (Å²) in [6.45, 7) is 8.76. The molecule has 33 heavy (non-hydrogen) atoms. The normalized spacial score (nSPS) is 18.8. The van der Waals surface area contributed by atoms with Crippen LogP contribution in [0.25, 0.3) is 0 Å². The van der Waals surface area contributed by atoms with E-state index in [4.69, 9.17) is 9.15 Å². The van der Waals surface area contributed by atoms with Crippen LogP contribution >= 0.6 is 0 Å². The van der Waals surface area contributed by atoms with Crippen LogP contribution in [0.2, 0.25) is 0 Å². The van der Waals surface area contributed by atoms with Gasteiger partial charge < -0.3 is 19.4 Å². The molecular formula is C24H32N4O5. The topological polar surface area (TPSA) is 101 Å². The predicted molar refractivity (Wildman–Crippen MR) is 125 cm³/mol. The standard InChI is InChI=1S/C24H32N4O5/c1-17-7-9-26(10-8-17)20-5-4-19(15-21(20)28(30)31)24(29)25-16-22(23-6-3-18(2)33-23)27-11-13-32-14-12-27/h3-6,15,17,22H,7-14,16H2,1-2H3,(H,25,29)/t22-/m0/s1. The first-order valence-electron chi connectivity index (χ1n) is 11.6. The van der Waals surface area contributed by atoms with E-state index in [1.54, 1.807) is 12.1 Å². The Balaban J connectivity index is 1.48. The van der Waals surface area contributed by atoms with E-state index in [1.165, 1.54) is 6.07 Å². The Hall–Kier alpha value is -2.91. The summed E-state index contributed by atoms with van der Waals surface area (Å²) in [6.07, 6.45) is 2.02. The van der Waals surface area contributed by atoms with Crippen molar-refractivity contribution in [1.82, 2.24) is 10.2 Å². The van der Waals surface area contributed by atoms with Gasteiger partial charge in [-0.3, -0.25) is 19.8 Å². The first-order valence-corrected chi connectivity index (χ1v) is 11.6. The summed E-state index contributed by atoms with van der Waals surface area (Å²) in [6, 6.07) is 8.49. The Bertz CT molecular complexity index is 977. The molecule has 4 rings (SSSR count). The Morgan fingerprint density at radius 2 is 1.91 bits per heavy atom. The number of hydrogen-bond donors (Lipinski definition) is 1. The lowest BCUT2D eigenvalue weighted by molar-refractivity contribution is -0.384. The van der Waals surface area contributed by atoms with Gasteiger partial charge in [0.1, 0.15) is 17.2 Å². The minimum absolute atomic E-state index is 0.0245. The molecule has 1 aromatic heterocycles. The van der Waals surface area contributed by atoms with E-state index in [0.29, 0.717) is 31.4 Å². The second-order valence-electron chi connectivity index (χ2n) is 8.95. The van der Waals surface area contributed by atoms with Crippen molar-refractivity contribution in [3.8, 4) is 0 Å². The molecule has 2 aliphatic heterocycles. The van der Waals surface area contributed by atoms with Gasteiger partial charge in [-0.05, 0) is 49.9 Å². The van der Waals surface area contributed by atoms with Crippen LogP contribution in [0.15, 0.2) is 34.7 Å². The zero-order valence-corrected chi connectivity index (χ0v) is 19.3. The van der Waals surface area contributed by atoms with Gasteiger partial charge in [0.15, 0.2) is 0 Å². The number of amides is 1. The highest BCUT2D eigenvalue weighted by Crippen LogP contribution is 2.32. The van der Waals surface area contributed by atoms with Gasteiger partial charge in [-0.1, -0.05) is 6.92 Å². The number of nitro benzene ring substituents is 1. The fourth-order valence-electron chi connectivity index (χ4n) is 4.55. The first kappa shape index (κ1) is 23.3. The molecule has 1 amide bonds. The predicted octanol–water partition coefficient (Wildman–Crippen LogP) is 3.54. The highest BCUT2D eigenvalue weighted by molar-refractivity contribution is 5.95.